The number of imidazole rings is 2. The monoisotopic (exact) mass is 713 g/mol. The Morgan fingerprint density at radius 1 is 0.980 bits per heavy atom. The van der Waals surface area contributed by atoms with Crippen molar-refractivity contribution in [2.45, 2.75) is 44.1 Å². The Morgan fingerprint density at radius 3 is 2.50 bits per heavy atom. The SMILES string of the molecule is COc1ccc2nc(C(F)(F)F)n(CC(=O)N3CCN(C4CCS(O)(O)CC4)CCC3c3ncc(-c4cc5ccccc5nc4OC)[nH]3)c2c1. The van der Waals surface area contributed by atoms with Gasteiger partial charge >= 0.3 is 6.18 Å². The highest BCUT2D eigenvalue weighted by atomic mass is 32.3. The van der Waals surface area contributed by atoms with Crippen molar-refractivity contribution in [3.05, 3.63) is 66.4 Å². The Kier molecular flexibility index (Phi) is 9.13. The lowest BCUT2D eigenvalue weighted by atomic mass is 10.1. The molecule has 2 saturated heterocycles. The number of carbonyl (C=O) groups is 1. The van der Waals surface area contributed by atoms with Crippen LogP contribution in [0.2, 0.25) is 0 Å². The number of pyridine rings is 1. The van der Waals surface area contributed by atoms with Crippen LogP contribution in [0, 0.1) is 0 Å². The van der Waals surface area contributed by atoms with E-state index in [4.69, 9.17) is 14.5 Å². The van der Waals surface area contributed by atoms with E-state index in [2.05, 4.69) is 19.9 Å². The number of benzene rings is 2. The van der Waals surface area contributed by atoms with Crippen molar-refractivity contribution in [1.82, 2.24) is 34.3 Å². The largest absolute Gasteiger partial charge is 0.497 e. The Hall–Kier alpha value is -4.38. The number of hydrogen-bond donors (Lipinski definition) is 3. The maximum Gasteiger partial charge on any atom is 0.449 e. The molecule has 1 unspecified atom stereocenters. The lowest BCUT2D eigenvalue weighted by Gasteiger charge is -2.42. The molecular weight excluding hydrogens is 675 g/mol. The second-order valence-electron chi connectivity index (χ2n) is 12.7. The first-order valence-electron chi connectivity index (χ1n) is 16.3. The Balaban J connectivity index is 1.24. The van der Waals surface area contributed by atoms with Crippen LogP contribution in [-0.2, 0) is 17.5 Å². The zero-order valence-electron chi connectivity index (χ0n) is 27.6. The summed E-state index contributed by atoms with van der Waals surface area (Å²) in [6, 6.07) is 13.5. The van der Waals surface area contributed by atoms with E-state index < -0.39 is 41.1 Å². The number of aromatic nitrogens is 5. The van der Waals surface area contributed by atoms with Crippen LogP contribution in [0.25, 0.3) is 33.2 Å². The number of amides is 1. The van der Waals surface area contributed by atoms with Gasteiger partial charge in [-0.15, -0.1) is 0 Å². The van der Waals surface area contributed by atoms with E-state index in [-0.39, 0.29) is 23.6 Å². The van der Waals surface area contributed by atoms with Gasteiger partial charge in [0.2, 0.25) is 17.6 Å². The summed E-state index contributed by atoms with van der Waals surface area (Å²) in [5.41, 5.74) is 2.29. The predicted octanol–water partition coefficient (Wildman–Crippen LogP) is 6.20. The maximum absolute atomic E-state index is 14.3. The average Bonchev–Trinajstić information content (AvgIpc) is 3.66. The van der Waals surface area contributed by atoms with E-state index in [9.17, 15) is 27.1 Å². The van der Waals surface area contributed by atoms with Gasteiger partial charge < -0.3 is 23.9 Å². The number of nitrogens with zero attached hydrogens (tertiary/aromatic N) is 6. The zero-order valence-corrected chi connectivity index (χ0v) is 28.4. The molecule has 3 aromatic heterocycles. The number of ether oxygens (including phenoxy) is 2. The number of carbonyl (C=O) groups excluding carboxylic acids is 1. The molecule has 7 rings (SSSR count). The number of halogens is 3. The smallest absolute Gasteiger partial charge is 0.449 e. The number of alkyl halides is 3. The van der Waals surface area contributed by atoms with E-state index in [1.165, 1.54) is 32.4 Å². The zero-order chi connectivity index (χ0) is 35.2. The Labute approximate surface area is 287 Å². The molecule has 16 heteroatoms. The van der Waals surface area contributed by atoms with Crippen molar-refractivity contribution in [2.24, 2.45) is 0 Å². The Morgan fingerprint density at radius 2 is 1.76 bits per heavy atom. The molecule has 1 atom stereocenters. The minimum atomic E-state index is -4.80. The third-order valence-corrected chi connectivity index (χ3v) is 11.5. The maximum atomic E-state index is 14.3. The predicted molar refractivity (Wildman–Crippen MR) is 183 cm³/mol. The number of hydrogen-bond acceptors (Lipinski definition) is 9. The number of nitrogens with one attached hydrogen (secondary N) is 1. The van der Waals surface area contributed by atoms with Crippen LogP contribution in [0.3, 0.4) is 0 Å². The first kappa shape index (κ1) is 34.1. The van der Waals surface area contributed by atoms with Crippen molar-refractivity contribution in [3.63, 3.8) is 0 Å². The van der Waals surface area contributed by atoms with Crippen molar-refractivity contribution in [1.29, 1.82) is 0 Å². The summed E-state index contributed by atoms with van der Waals surface area (Å²) in [5.74, 6) is 0.168. The molecule has 0 radical (unpaired) electrons. The van der Waals surface area contributed by atoms with E-state index in [1.54, 1.807) is 11.1 Å². The summed E-state index contributed by atoms with van der Waals surface area (Å²) in [4.78, 5) is 34.7. The van der Waals surface area contributed by atoms with E-state index in [0.29, 0.717) is 72.6 Å². The molecular formula is C34H38F3N7O5S. The lowest BCUT2D eigenvalue weighted by molar-refractivity contribution is -0.148. The summed E-state index contributed by atoms with van der Waals surface area (Å²) < 4.78 is 75.1. The van der Waals surface area contributed by atoms with Crippen LogP contribution in [0.4, 0.5) is 13.2 Å². The fourth-order valence-electron chi connectivity index (χ4n) is 7.08. The lowest BCUT2D eigenvalue weighted by Crippen LogP contribution is -2.43. The third kappa shape index (κ3) is 6.72. The molecule has 5 heterocycles. The number of H-pyrrole nitrogens is 1. The molecule has 50 heavy (non-hydrogen) atoms. The van der Waals surface area contributed by atoms with Gasteiger partial charge in [-0.05, 0) is 43.5 Å². The standard InChI is InChI=1S/C34H38F3N7O5S/c1-48-23-7-8-26-29(18-23)44(33(41-26)34(35,36)37)20-30(45)43-14-13-42(22-10-15-50(46,47)16-11-22)12-9-28(43)31-38-19-27(39-31)24-17-21-5-3-4-6-25(21)40-32(24)49-2/h3-8,17-19,22,28,46-47H,9-16,20H2,1-2H3,(H,38,39). The molecule has 5 aromatic rings. The summed E-state index contributed by atoms with van der Waals surface area (Å²) in [6.07, 6.45) is -1.49. The normalized spacial score (nSPS) is 19.8. The quantitative estimate of drug-likeness (QED) is 0.180. The second kappa shape index (κ2) is 13.4. The number of methoxy groups -OCH3 is 2. The van der Waals surface area contributed by atoms with Crippen LogP contribution >= 0.6 is 10.6 Å². The average molecular weight is 714 g/mol. The van der Waals surface area contributed by atoms with Crippen molar-refractivity contribution >= 4 is 38.4 Å². The summed E-state index contributed by atoms with van der Waals surface area (Å²) in [6.45, 7) is 0.667. The molecule has 2 aromatic carbocycles. The molecule has 1 amide bonds. The highest BCUT2D eigenvalue weighted by Gasteiger charge is 2.40. The molecule has 266 valence electrons. The minimum Gasteiger partial charge on any atom is -0.497 e. The van der Waals surface area contributed by atoms with Gasteiger partial charge in [0.05, 0.1) is 54.3 Å². The van der Waals surface area contributed by atoms with Crippen LogP contribution in [0.5, 0.6) is 11.6 Å². The molecule has 2 aliphatic heterocycles. The fourth-order valence-corrected chi connectivity index (χ4v) is 8.58. The van der Waals surface area contributed by atoms with Crippen molar-refractivity contribution < 1.29 is 36.5 Å². The number of aromatic amines is 1. The molecule has 0 spiro atoms. The summed E-state index contributed by atoms with van der Waals surface area (Å²) >= 11 is 0. The fraction of sp³-hybridized carbons (Fsp3) is 0.412. The van der Waals surface area contributed by atoms with Crippen molar-refractivity contribution in [3.8, 4) is 22.9 Å². The first-order valence-corrected chi connectivity index (χ1v) is 18.2. The highest BCUT2D eigenvalue weighted by molar-refractivity contribution is 8.24. The van der Waals surface area contributed by atoms with Gasteiger partial charge in [0.25, 0.3) is 0 Å². The highest BCUT2D eigenvalue weighted by Crippen LogP contribution is 2.45. The van der Waals surface area contributed by atoms with Gasteiger partial charge in [-0.3, -0.25) is 18.8 Å². The van der Waals surface area contributed by atoms with Gasteiger partial charge in [0.15, 0.2) is 0 Å². The summed E-state index contributed by atoms with van der Waals surface area (Å²) in [5, 5.41) is 0.898. The van der Waals surface area contributed by atoms with Gasteiger partial charge in [-0.2, -0.15) is 23.8 Å². The number of para-hydroxylation sites is 1. The van der Waals surface area contributed by atoms with Gasteiger partial charge in [0, 0.05) is 48.6 Å². The van der Waals surface area contributed by atoms with Crippen molar-refractivity contribution in [2.75, 3.05) is 45.4 Å². The van der Waals surface area contributed by atoms with Crippen LogP contribution < -0.4 is 9.47 Å². The molecule has 12 nitrogen and oxygen atoms in total. The molecule has 2 fully saturated rings. The van der Waals surface area contributed by atoms with E-state index in [0.717, 1.165) is 15.5 Å². The third-order valence-electron chi connectivity index (χ3n) is 9.67. The minimum absolute atomic E-state index is 0.0904. The van der Waals surface area contributed by atoms with Gasteiger partial charge in [0.1, 0.15) is 18.1 Å². The van der Waals surface area contributed by atoms with Crippen LogP contribution in [0.15, 0.2) is 54.7 Å². The summed E-state index contributed by atoms with van der Waals surface area (Å²) in [7, 11) is 0.369. The second-order valence-corrected chi connectivity index (χ2v) is 15.1. The van der Waals surface area contributed by atoms with E-state index >= 15 is 0 Å². The molecule has 0 bridgehead atoms. The van der Waals surface area contributed by atoms with Crippen LogP contribution in [-0.4, -0.2) is 101 Å². The van der Waals surface area contributed by atoms with E-state index in [1.807, 2.05) is 30.3 Å². The van der Waals surface area contributed by atoms with Gasteiger partial charge in [-0.25, -0.2) is 15.0 Å². The molecule has 3 N–H and O–H groups in total. The number of fused-ring (bicyclic) bond motifs is 2. The molecule has 2 aliphatic rings. The van der Waals surface area contributed by atoms with Crippen LogP contribution in [0.1, 0.15) is 37.0 Å². The van der Waals surface area contributed by atoms with Gasteiger partial charge in [-0.1, -0.05) is 18.2 Å². The molecule has 0 aliphatic carbocycles. The number of rotatable bonds is 7. The molecule has 0 saturated carbocycles. The topological polar surface area (TPSA) is 142 Å². The Bertz CT molecular complexity index is 2020. The first-order chi connectivity index (χ1) is 23.9.